The summed E-state index contributed by atoms with van der Waals surface area (Å²) < 4.78 is 0. The number of aromatic amines is 1. The van der Waals surface area contributed by atoms with Crippen LogP contribution in [0.3, 0.4) is 0 Å². The summed E-state index contributed by atoms with van der Waals surface area (Å²) in [5.74, 6) is -0.100. The number of aromatic nitrogens is 3. The minimum absolute atomic E-state index is 0.133. The summed E-state index contributed by atoms with van der Waals surface area (Å²) in [7, 11) is 0. The Balaban J connectivity index is 1.48. The largest absolute Gasteiger partial charge is 0.348 e. The molecule has 0 spiro atoms. The molecule has 29 heavy (non-hydrogen) atoms. The lowest BCUT2D eigenvalue weighted by Gasteiger charge is -2.13. The van der Waals surface area contributed by atoms with Crippen LogP contribution in [0, 0.1) is 0 Å². The van der Waals surface area contributed by atoms with E-state index in [0.29, 0.717) is 22.3 Å². The van der Waals surface area contributed by atoms with Crippen LogP contribution < -0.4 is 10.6 Å². The molecule has 9 heteroatoms. The second-order valence-electron chi connectivity index (χ2n) is 6.71. The molecular weight excluding hydrogens is 406 g/mol. The summed E-state index contributed by atoms with van der Waals surface area (Å²) in [5, 5.41) is 13.7. The molecule has 150 valence electrons. The zero-order chi connectivity index (χ0) is 20.1. The maximum Gasteiger partial charge on any atom is 0.254 e. The minimum atomic E-state index is -0.165. The third-order valence-corrected chi connectivity index (χ3v) is 6.76. The minimum Gasteiger partial charge on any atom is -0.348 e. The topological polar surface area (TPSA) is 99.8 Å². The monoisotopic (exact) mass is 427 g/mol. The van der Waals surface area contributed by atoms with E-state index in [4.69, 9.17) is 0 Å². The number of aryl methyl sites for hydroxylation is 1. The van der Waals surface area contributed by atoms with Gasteiger partial charge in [-0.3, -0.25) is 14.7 Å². The molecular formula is C20H21N5O2S2. The van der Waals surface area contributed by atoms with Crippen molar-refractivity contribution in [1.82, 2.24) is 20.5 Å². The molecule has 3 N–H and O–H groups in total. The molecule has 4 rings (SSSR count). The Labute approximate surface area is 176 Å². The molecule has 0 radical (unpaired) electrons. The summed E-state index contributed by atoms with van der Waals surface area (Å²) in [6.45, 7) is 0.457. The first-order valence-corrected chi connectivity index (χ1v) is 11.3. The van der Waals surface area contributed by atoms with E-state index in [1.165, 1.54) is 34.3 Å². The Morgan fingerprint density at radius 2 is 2.00 bits per heavy atom. The van der Waals surface area contributed by atoms with Gasteiger partial charge in [0.1, 0.15) is 11.3 Å². The van der Waals surface area contributed by atoms with Gasteiger partial charge in [-0.1, -0.05) is 42.1 Å². The molecule has 7 nitrogen and oxygen atoms in total. The van der Waals surface area contributed by atoms with Crippen molar-refractivity contribution >= 4 is 39.9 Å². The summed E-state index contributed by atoms with van der Waals surface area (Å²) >= 11 is 2.80. The number of thioether (sulfide) groups is 1. The second-order valence-corrected chi connectivity index (χ2v) is 8.78. The van der Waals surface area contributed by atoms with Crippen molar-refractivity contribution in [3.05, 3.63) is 58.2 Å². The van der Waals surface area contributed by atoms with E-state index in [0.717, 1.165) is 36.8 Å². The number of nitrogens with one attached hydrogen (secondary N) is 3. The van der Waals surface area contributed by atoms with E-state index in [-0.39, 0.29) is 17.6 Å². The smallest absolute Gasteiger partial charge is 0.254 e. The van der Waals surface area contributed by atoms with Gasteiger partial charge in [0.15, 0.2) is 5.16 Å². The third kappa shape index (κ3) is 4.86. The Bertz CT molecular complexity index is 986. The quantitative estimate of drug-likeness (QED) is 0.502. The molecule has 2 amide bonds. The van der Waals surface area contributed by atoms with Crippen LogP contribution in [0.5, 0.6) is 0 Å². The number of nitrogens with zero attached hydrogens (tertiary/aromatic N) is 2. The first-order valence-electron chi connectivity index (χ1n) is 9.45. The van der Waals surface area contributed by atoms with Gasteiger partial charge >= 0.3 is 0 Å². The molecule has 0 atom stereocenters. The number of carbonyl (C=O) groups is 2. The standard InChI is InChI=1S/C20H21N5O2S2/c26-16(11-28-20-22-12-23-25-20)24-19-17(14-8-4-5-9-15(14)29-19)18(27)21-10-13-6-2-1-3-7-13/h1-3,6-7,12H,4-5,8-11H2,(H,21,27)(H,24,26)(H,22,23,25). The Morgan fingerprint density at radius 1 is 1.17 bits per heavy atom. The Hall–Kier alpha value is -2.65. The van der Waals surface area contributed by atoms with Crippen LogP contribution >= 0.6 is 23.1 Å². The molecule has 2 heterocycles. The average Bonchev–Trinajstić information content (AvgIpc) is 3.38. The summed E-state index contributed by atoms with van der Waals surface area (Å²) in [5.41, 5.74) is 2.75. The van der Waals surface area contributed by atoms with Crippen LogP contribution in [0.1, 0.15) is 39.2 Å². The number of thiophene rings is 1. The molecule has 2 aromatic heterocycles. The SMILES string of the molecule is O=C(CSc1ncn[nH]1)Nc1sc2c(c1C(=O)NCc1ccccc1)CCCC2. The summed E-state index contributed by atoms with van der Waals surface area (Å²) in [4.78, 5) is 30.7. The highest BCUT2D eigenvalue weighted by molar-refractivity contribution is 7.99. The highest BCUT2D eigenvalue weighted by Gasteiger charge is 2.26. The highest BCUT2D eigenvalue weighted by atomic mass is 32.2. The fourth-order valence-corrected chi connectivity index (χ4v) is 5.20. The molecule has 1 aromatic carbocycles. The van der Waals surface area contributed by atoms with Gasteiger partial charge in [0, 0.05) is 11.4 Å². The van der Waals surface area contributed by atoms with Crippen LogP contribution in [-0.2, 0) is 24.2 Å². The number of hydrogen-bond donors (Lipinski definition) is 3. The molecule has 3 aromatic rings. The average molecular weight is 428 g/mol. The van der Waals surface area contributed by atoms with Crippen LogP contribution in [-0.4, -0.2) is 32.7 Å². The van der Waals surface area contributed by atoms with E-state index in [1.807, 2.05) is 30.3 Å². The molecule has 0 fully saturated rings. The molecule has 1 aliphatic rings. The van der Waals surface area contributed by atoms with Crippen molar-refractivity contribution in [2.24, 2.45) is 0 Å². The number of fused-ring (bicyclic) bond motifs is 1. The third-order valence-electron chi connectivity index (χ3n) is 4.68. The molecule has 0 unspecified atom stereocenters. The van der Waals surface area contributed by atoms with Crippen molar-refractivity contribution in [3.8, 4) is 0 Å². The normalized spacial score (nSPS) is 13.0. The van der Waals surface area contributed by atoms with Gasteiger partial charge < -0.3 is 10.6 Å². The molecule has 1 aliphatic carbocycles. The van der Waals surface area contributed by atoms with Gasteiger partial charge in [-0.15, -0.1) is 11.3 Å². The Morgan fingerprint density at radius 3 is 2.79 bits per heavy atom. The molecule has 0 saturated heterocycles. The van der Waals surface area contributed by atoms with E-state index in [2.05, 4.69) is 25.8 Å². The van der Waals surface area contributed by atoms with Gasteiger partial charge in [-0.2, -0.15) is 5.10 Å². The van der Waals surface area contributed by atoms with Gasteiger partial charge in [0.2, 0.25) is 5.91 Å². The first kappa shape index (κ1) is 19.7. The lowest BCUT2D eigenvalue weighted by Crippen LogP contribution is -2.25. The van der Waals surface area contributed by atoms with E-state index in [9.17, 15) is 9.59 Å². The number of hydrogen-bond acceptors (Lipinski definition) is 6. The zero-order valence-electron chi connectivity index (χ0n) is 15.7. The van der Waals surface area contributed by atoms with Gasteiger partial charge in [0.05, 0.1) is 11.3 Å². The van der Waals surface area contributed by atoms with Gasteiger partial charge in [-0.25, -0.2) is 4.98 Å². The number of H-pyrrole nitrogens is 1. The number of anilines is 1. The molecule has 0 saturated carbocycles. The Kier molecular flexibility index (Phi) is 6.26. The number of rotatable bonds is 7. The second kappa shape index (κ2) is 9.23. The number of amides is 2. The van der Waals surface area contributed by atoms with E-state index >= 15 is 0 Å². The predicted octanol–water partition coefficient (Wildman–Crippen LogP) is 3.41. The number of benzene rings is 1. The maximum atomic E-state index is 13.0. The van der Waals surface area contributed by atoms with Crippen LogP contribution in [0.15, 0.2) is 41.8 Å². The van der Waals surface area contributed by atoms with Crippen molar-refractivity contribution in [3.63, 3.8) is 0 Å². The highest BCUT2D eigenvalue weighted by Crippen LogP contribution is 2.38. The summed E-state index contributed by atoms with van der Waals surface area (Å²) in [6, 6.07) is 9.81. The van der Waals surface area contributed by atoms with Crippen molar-refractivity contribution in [2.45, 2.75) is 37.4 Å². The van der Waals surface area contributed by atoms with Gasteiger partial charge in [0.25, 0.3) is 5.91 Å². The fourth-order valence-electron chi connectivity index (χ4n) is 3.32. The zero-order valence-corrected chi connectivity index (χ0v) is 17.4. The van der Waals surface area contributed by atoms with Crippen molar-refractivity contribution in [2.75, 3.05) is 11.1 Å². The maximum absolute atomic E-state index is 13.0. The van der Waals surface area contributed by atoms with Crippen LogP contribution in [0.4, 0.5) is 5.00 Å². The lowest BCUT2D eigenvalue weighted by atomic mass is 9.95. The van der Waals surface area contributed by atoms with Gasteiger partial charge in [-0.05, 0) is 36.8 Å². The van der Waals surface area contributed by atoms with Crippen molar-refractivity contribution in [1.29, 1.82) is 0 Å². The van der Waals surface area contributed by atoms with Crippen LogP contribution in [0.2, 0.25) is 0 Å². The number of carbonyl (C=O) groups excluding carboxylic acids is 2. The van der Waals surface area contributed by atoms with E-state index < -0.39 is 0 Å². The fraction of sp³-hybridized carbons (Fsp3) is 0.300. The molecule has 0 aliphatic heterocycles. The molecule has 0 bridgehead atoms. The predicted molar refractivity (Wildman–Crippen MR) is 114 cm³/mol. The lowest BCUT2D eigenvalue weighted by molar-refractivity contribution is -0.113. The van der Waals surface area contributed by atoms with Crippen LogP contribution in [0.25, 0.3) is 0 Å². The van der Waals surface area contributed by atoms with E-state index in [1.54, 1.807) is 0 Å². The first-order chi connectivity index (χ1) is 14.2. The summed E-state index contributed by atoms with van der Waals surface area (Å²) in [6.07, 6.45) is 5.43. The van der Waals surface area contributed by atoms with Crippen molar-refractivity contribution < 1.29 is 9.59 Å².